The molecular formula is C51H33N3OS. The molecule has 3 heterocycles. The molecule has 1 aliphatic heterocycles. The highest BCUT2D eigenvalue weighted by Crippen LogP contribution is 2.45. The van der Waals surface area contributed by atoms with E-state index in [1.165, 1.54) is 42.4 Å². The predicted molar refractivity (Wildman–Crippen MR) is 235 cm³/mol. The molecule has 0 aliphatic carbocycles. The number of fused-ring (bicyclic) bond motifs is 6. The van der Waals surface area contributed by atoms with Gasteiger partial charge in [0.1, 0.15) is 23.2 Å². The summed E-state index contributed by atoms with van der Waals surface area (Å²) >= 11 is 1.87. The fourth-order valence-electron chi connectivity index (χ4n) is 8.12. The van der Waals surface area contributed by atoms with Gasteiger partial charge in [-0.1, -0.05) is 158 Å². The first-order valence-electron chi connectivity index (χ1n) is 18.8. The van der Waals surface area contributed by atoms with Crippen molar-refractivity contribution < 1.29 is 4.42 Å². The maximum atomic E-state index is 6.54. The number of thiophene rings is 1. The van der Waals surface area contributed by atoms with Gasteiger partial charge < -0.3 is 9.73 Å². The molecule has 2 aromatic heterocycles. The predicted octanol–water partition coefficient (Wildman–Crippen LogP) is 13.5. The van der Waals surface area contributed by atoms with E-state index in [1.807, 2.05) is 47.7 Å². The molecule has 5 heteroatoms. The molecular weight excluding hydrogens is 703 g/mol. The topological polar surface area (TPSA) is 49.9 Å². The third-order valence-corrected chi connectivity index (χ3v) is 12.0. The average molecular weight is 736 g/mol. The summed E-state index contributed by atoms with van der Waals surface area (Å²) in [6.45, 7) is 0. The molecule has 56 heavy (non-hydrogen) atoms. The molecule has 4 nitrogen and oxygen atoms in total. The third-order valence-electron chi connectivity index (χ3n) is 10.8. The van der Waals surface area contributed by atoms with Crippen LogP contribution in [0, 0.1) is 0 Å². The van der Waals surface area contributed by atoms with E-state index in [9.17, 15) is 0 Å². The van der Waals surface area contributed by atoms with Crippen LogP contribution in [0.3, 0.4) is 0 Å². The minimum Gasteiger partial charge on any atom is -0.456 e. The summed E-state index contributed by atoms with van der Waals surface area (Å²) in [6.07, 6.45) is -0.267. The number of nitrogens with zero attached hydrogens (tertiary/aromatic N) is 2. The van der Waals surface area contributed by atoms with Crippen molar-refractivity contribution in [2.75, 3.05) is 0 Å². The van der Waals surface area contributed by atoms with Gasteiger partial charge in [-0.05, 0) is 69.3 Å². The average Bonchev–Trinajstić information content (AvgIpc) is 3.86. The Kier molecular flexibility index (Phi) is 7.71. The fraction of sp³-hybridized carbons (Fsp3) is 0.0196. The van der Waals surface area contributed by atoms with Gasteiger partial charge >= 0.3 is 0 Å². The smallest absolute Gasteiger partial charge is 0.159 e. The van der Waals surface area contributed by atoms with E-state index in [2.05, 4.69) is 157 Å². The summed E-state index contributed by atoms with van der Waals surface area (Å²) in [6, 6.07) is 66.2. The summed E-state index contributed by atoms with van der Waals surface area (Å²) in [5.74, 6) is 1.49. The normalized spacial score (nSPS) is 14.2. The molecule has 10 aromatic rings. The van der Waals surface area contributed by atoms with Gasteiger partial charge in [-0.15, -0.1) is 11.3 Å². The zero-order valence-corrected chi connectivity index (χ0v) is 31.0. The number of aliphatic imine (C=N–C) groups is 2. The first-order chi connectivity index (χ1) is 27.7. The molecule has 0 bridgehead atoms. The van der Waals surface area contributed by atoms with Gasteiger partial charge in [0.2, 0.25) is 0 Å². The Morgan fingerprint density at radius 1 is 0.464 bits per heavy atom. The molecule has 0 spiro atoms. The maximum Gasteiger partial charge on any atom is 0.159 e. The van der Waals surface area contributed by atoms with Crippen molar-refractivity contribution in [3.05, 3.63) is 205 Å². The van der Waals surface area contributed by atoms with Crippen molar-refractivity contribution in [2.45, 2.75) is 6.17 Å². The number of hydrogen-bond acceptors (Lipinski definition) is 5. The Hall–Kier alpha value is -7.08. The molecule has 1 N–H and O–H groups in total. The molecule has 0 saturated heterocycles. The largest absolute Gasteiger partial charge is 0.456 e. The van der Waals surface area contributed by atoms with E-state index >= 15 is 0 Å². The zero-order valence-electron chi connectivity index (χ0n) is 30.2. The lowest BCUT2D eigenvalue weighted by Gasteiger charge is -2.24. The van der Waals surface area contributed by atoms with Crippen molar-refractivity contribution in [3.63, 3.8) is 0 Å². The minimum atomic E-state index is -0.267. The van der Waals surface area contributed by atoms with E-state index in [-0.39, 0.29) is 6.17 Å². The van der Waals surface area contributed by atoms with Crippen LogP contribution >= 0.6 is 11.3 Å². The lowest BCUT2D eigenvalue weighted by molar-refractivity contribution is 0.669. The van der Waals surface area contributed by atoms with Crippen molar-refractivity contribution in [2.24, 2.45) is 9.98 Å². The Bertz CT molecular complexity index is 3160. The summed E-state index contributed by atoms with van der Waals surface area (Å²) in [7, 11) is 0. The van der Waals surface area contributed by atoms with Crippen LogP contribution < -0.4 is 5.32 Å². The molecule has 11 rings (SSSR count). The molecule has 0 fully saturated rings. The molecule has 0 radical (unpaired) electrons. The monoisotopic (exact) mass is 735 g/mol. The molecule has 8 aromatic carbocycles. The Labute approximate surface area is 327 Å². The van der Waals surface area contributed by atoms with Crippen LogP contribution in [0.2, 0.25) is 0 Å². The Morgan fingerprint density at radius 3 is 1.93 bits per heavy atom. The van der Waals surface area contributed by atoms with Crippen molar-refractivity contribution >= 4 is 65.1 Å². The van der Waals surface area contributed by atoms with Crippen molar-refractivity contribution in [3.8, 4) is 33.4 Å². The van der Waals surface area contributed by atoms with Gasteiger partial charge in [0.25, 0.3) is 0 Å². The SMILES string of the molecule is c1ccc(C2=NC(c3ccccc3)NC(c3cccc(-c4cccc5oc6ccc(-c7cccc8sc9c(-c%10ccccc%10)cccc9c78)cc6c45)c3)=N2)cc1. The highest BCUT2D eigenvalue weighted by molar-refractivity contribution is 7.26. The highest BCUT2D eigenvalue weighted by atomic mass is 32.1. The maximum absolute atomic E-state index is 6.54. The Balaban J connectivity index is 1.03. The second kappa shape index (κ2) is 13.3. The number of benzene rings is 8. The van der Waals surface area contributed by atoms with Gasteiger partial charge in [0, 0.05) is 42.1 Å². The summed E-state index contributed by atoms with van der Waals surface area (Å²) in [4.78, 5) is 10.1. The molecule has 264 valence electrons. The fourth-order valence-corrected chi connectivity index (χ4v) is 9.39. The van der Waals surface area contributed by atoms with Crippen LogP contribution in [0.5, 0.6) is 0 Å². The van der Waals surface area contributed by atoms with Gasteiger partial charge in [0.05, 0.1) is 0 Å². The van der Waals surface area contributed by atoms with Crippen molar-refractivity contribution in [1.82, 2.24) is 5.32 Å². The molecule has 1 aliphatic rings. The van der Waals surface area contributed by atoms with E-state index in [0.717, 1.165) is 55.6 Å². The summed E-state index contributed by atoms with van der Waals surface area (Å²) in [5.41, 5.74) is 11.9. The lowest BCUT2D eigenvalue weighted by Crippen LogP contribution is -2.33. The van der Waals surface area contributed by atoms with Crippen LogP contribution in [0.15, 0.2) is 202 Å². The van der Waals surface area contributed by atoms with Gasteiger partial charge in [-0.2, -0.15) is 0 Å². The number of hydrogen-bond donors (Lipinski definition) is 1. The second-order valence-electron chi connectivity index (χ2n) is 14.1. The van der Waals surface area contributed by atoms with Gasteiger partial charge in [-0.25, -0.2) is 9.98 Å². The van der Waals surface area contributed by atoms with E-state index in [4.69, 9.17) is 14.4 Å². The summed E-state index contributed by atoms with van der Waals surface area (Å²) in [5, 5.41) is 8.40. The van der Waals surface area contributed by atoms with Gasteiger partial charge in [-0.3, -0.25) is 0 Å². The van der Waals surface area contributed by atoms with Crippen molar-refractivity contribution in [1.29, 1.82) is 0 Å². The quantitative estimate of drug-likeness (QED) is 0.185. The summed E-state index contributed by atoms with van der Waals surface area (Å²) < 4.78 is 9.13. The number of rotatable bonds is 6. The first-order valence-corrected chi connectivity index (χ1v) is 19.7. The van der Waals surface area contributed by atoms with E-state index < -0.39 is 0 Å². The minimum absolute atomic E-state index is 0.267. The Morgan fingerprint density at radius 2 is 1.11 bits per heavy atom. The standard InChI is InChI=1S/C51H33N3OS/c1-4-14-32(15-5-1)40-24-11-25-41-47-39(23-13-27-45(47)56-48(40)41)36-28-29-43-42(31-36)46-38(22-12-26-44(46)55-43)35-20-10-21-37(30-35)51-53-49(33-16-6-2-7-17-33)52-50(54-51)34-18-8-3-9-19-34/h1-31,49H,(H,52,53,54). The van der Waals surface area contributed by atoms with Crippen LogP contribution in [-0.4, -0.2) is 11.7 Å². The second-order valence-corrected chi connectivity index (χ2v) is 15.2. The zero-order chi connectivity index (χ0) is 37.0. The highest BCUT2D eigenvalue weighted by Gasteiger charge is 2.22. The molecule has 1 unspecified atom stereocenters. The van der Waals surface area contributed by atoms with Crippen LogP contribution in [0.4, 0.5) is 0 Å². The van der Waals surface area contributed by atoms with E-state index in [0.29, 0.717) is 5.84 Å². The number of nitrogens with one attached hydrogen (secondary N) is 1. The van der Waals surface area contributed by atoms with Crippen LogP contribution in [-0.2, 0) is 0 Å². The molecule has 0 amide bonds. The lowest BCUT2D eigenvalue weighted by atomic mass is 9.94. The third kappa shape index (κ3) is 5.52. The van der Waals surface area contributed by atoms with Crippen LogP contribution in [0.1, 0.15) is 22.9 Å². The molecule has 1 atom stereocenters. The van der Waals surface area contributed by atoms with Gasteiger partial charge in [0.15, 0.2) is 5.84 Å². The molecule has 0 saturated carbocycles. The van der Waals surface area contributed by atoms with E-state index in [1.54, 1.807) is 0 Å². The van der Waals surface area contributed by atoms with Crippen LogP contribution in [0.25, 0.3) is 75.5 Å². The number of furan rings is 1. The number of amidine groups is 2. The first kappa shape index (κ1) is 32.4.